The molecule has 0 atom stereocenters. The van der Waals surface area contributed by atoms with Crippen LogP contribution >= 0.6 is 0 Å². The van der Waals surface area contributed by atoms with Crippen LogP contribution in [0.3, 0.4) is 0 Å². The summed E-state index contributed by atoms with van der Waals surface area (Å²) < 4.78 is 0. The Morgan fingerprint density at radius 3 is 1.63 bits per heavy atom. The second kappa shape index (κ2) is 13.0. The lowest BCUT2D eigenvalue weighted by molar-refractivity contribution is 0.372. The zero-order chi connectivity index (χ0) is 13.6. The number of hydrogen-bond donors (Lipinski definition) is 0. The molecule has 0 nitrogen and oxygen atoms in total. The van der Waals surface area contributed by atoms with Crippen molar-refractivity contribution in [2.45, 2.75) is 116 Å². The van der Waals surface area contributed by atoms with Gasteiger partial charge in [0.15, 0.2) is 0 Å². The Bertz CT molecular complexity index is 161. The Morgan fingerprint density at radius 2 is 1.05 bits per heavy atom. The van der Waals surface area contributed by atoms with Gasteiger partial charge >= 0.3 is 0 Å². The molecule has 0 radical (unpaired) electrons. The molecule has 0 unspecified atom stereocenters. The molecule has 0 bridgehead atoms. The summed E-state index contributed by atoms with van der Waals surface area (Å²) in [6.45, 7) is 2.31. The smallest absolute Gasteiger partial charge is 0.0414 e. The standard InChI is InChI=1S/C19H38/c1-2-3-4-5-10-13-16-19-17-14-11-8-6-7-9-12-15-18-19/h19H,2-18H2,1H3. The molecule has 0 heteroatoms. The summed E-state index contributed by atoms with van der Waals surface area (Å²) in [6, 6.07) is 0. The topological polar surface area (TPSA) is 0 Å². The molecule has 0 N–H and O–H groups in total. The summed E-state index contributed by atoms with van der Waals surface area (Å²) in [6.07, 6.45) is 25.5. The van der Waals surface area contributed by atoms with E-state index >= 15 is 0 Å². The van der Waals surface area contributed by atoms with Gasteiger partial charge in [-0.15, -0.1) is 0 Å². The summed E-state index contributed by atoms with van der Waals surface area (Å²) in [5.74, 6) is 1.07. The van der Waals surface area contributed by atoms with E-state index in [2.05, 4.69) is 6.92 Å². The van der Waals surface area contributed by atoms with Gasteiger partial charge in [0.1, 0.15) is 0 Å². The van der Waals surface area contributed by atoms with Crippen molar-refractivity contribution in [1.29, 1.82) is 0 Å². The largest absolute Gasteiger partial charge is 0.0654 e. The maximum atomic E-state index is 2.31. The Labute approximate surface area is 122 Å². The fourth-order valence-electron chi connectivity index (χ4n) is 3.57. The van der Waals surface area contributed by atoms with Gasteiger partial charge in [0.25, 0.3) is 0 Å². The first-order valence-electron chi connectivity index (χ1n) is 9.43. The maximum absolute atomic E-state index is 2.31. The molecule has 0 saturated heterocycles. The van der Waals surface area contributed by atoms with Crippen LogP contribution in [0.2, 0.25) is 0 Å². The molecule has 0 aromatic carbocycles. The first kappa shape index (κ1) is 17.1. The van der Waals surface area contributed by atoms with Gasteiger partial charge in [-0.25, -0.2) is 0 Å². The molecule has 0 aromatic heterocycles. The third-order valence-corrected chi connectivity index (χ3v) is 4.94. The SMILES string of the molecule is CCCCCCCCC1CCCCCCCCCC1. The van der Waals surface area contributed by atoms with E-state index in [0.29, 0.717) is 0 Å². The first-order chi connectivity index (χ1) is 9.43. The van der Waals surface area contributed by atoms with E-state index in [-0.39, 0.29) is 0 Å². The molecular formula is C19H38. The summed E-state index contributed by atoms with van der Waals surface area (Å²) >= 11 is 0. The van der Waals surface area contributed by atoms with Crippen LogP contribution in [0.15, 0.2) is 0 Å². The fourth-order valence-corrected chi connectivity index (χ4v) is 3.57. The zero-order valence-corrected chi connectivity index (χ0v) is 13.6. The Hall–Kier alpha value is 0. The van der Waals surface area contributed by atoms with Crippen LogP contribution in [0.5, 0.6) is 0 Å². The zero-order valence-electron chi connectivity index (χ0n) is 13.6. The highest BCUT2D eigenvalue weighted by Crippen LogP contribution is 2.25. The van der Waals surface area contributed by atoms with Gasteiger partial charge in [-0.05, 0) is 5.92 Å². The quantitative estimate of drug-likeness (QED) is 0.425. The highest BCUT2D eigenvalue weighted by atomic mass is 14.2. The molecule has 114 valence electrons. The molecular weight excluding hydrogens is 228 g/mol. The first-order valence-corrected chi connectivity index (χ1v) is 9.43. The molecule has 1 fully saturated rings. The minimum Gasteiger partial charge on any atom is -0.0654 e. The Balaban J connectivity index is 2.06. The fraction of sp³-hybridized carbons (Fsp3) is 1.00. The molecule has 0 aliphatic heterocycles. The van der Waals surface area contributed by atoms with Crippen LogP contribution in [0, 0.1) is 5.92 Å². The van der Waals surface area contributed by atoms with Crippen molar-refractivity contribution in [2.75, 3.05) is 0 Å². The van der Waals surface area contributed by atoms with E-state index in [9.17, 15) is 0 Å². The van der Waals surface area contributed by atoms with Crippen molar-refractivity contribution in [3.8, 4) is 0 Å². The molecule has 0 aromatic rings. The van der Waals surface area contributed by atoms with E-state index in [1.165, 1.54) is 109 Å². The van der Waals surface area contributed by atoms with Gasteiger partial charge in [0, 0.05) is 0 Å². The molecule has 0 spiro atoms. The average Bonchev–Trinajstić information content (AvgIpc) is 2.48. The lowest BCUT2D eigenvalue weighted by Gasteiger charge is -2.16. The predicted octanol–water partition coefficient (Wildman–Crippen LogP) is 7.27. The average molecular weight is 267 g/mol. The van der Waals surface area contributed by atoms with Gasteiger partial charge < -0.3 is 0 Å². The van der Waals surface area contributed by atoms with E-state index < -0.39 is 0 Å². The van der Waals surface area contributed by atoms with Crippen molar-refractivity contribution in [3.63, 3.8) is 0 Å². The molecule has 0 amide bonds. The van der Waals surface area contributed by atoms with Crippen molar-refractivity contribution in [1.82, 2.24) is 0 Å². The third-order valence-electron chi connectivity index (χ3n) is 4.94. The Morgan fingerprint density at radius 1 is 0.579 bits per heavy atom. The number of hydrogen-bond acceptors (Lipinski definition) is 0. The normalized spacial score (nSPS) is 20.1. The second-order valence-corrected chi connectivity index (χ2v) is 6.83. The van der Waals surface area contributed by atoms with E-state index in [1.54, 1.807) is 0 Å². The van der Waals surface area contributed by atoms with Crippen LogP contribution in [0.25, 0.3) is 0 Å². The summed E-state index contributed by atoms with van der Waals surface area (Å²) in [7, 11) is 0. The minimum atomic E-state index is 1.07. The van der Waals surface area contributed by atoms with Crippen LogP contribution in [-0.4, -0.2) is 0 Å². The molecule has 1 aliphatic rings. The molecule has 19 heavy (non-hydrogen) atoms. The van der Waals surface area contributed by atoms with Crippen LogP contribution in [0.4, 0.5) is 0 Å². The van der Waals surface area contributed by atoms with E-state index in [4.69, 9.17) is 0 Å². The van der Waals surface area contributed by atoms with Crippen LogP contribution in [0.1, 0.15) is 116 Å². The molecule has 0 heterocycles. The molecule has 1 saturated carbocycles. The highest BCUT2D eigenvalue weighted by molar-refractivity contribution is 4.63. The highest BCUT2D eigenvalue weighted by Gasteiger charge is 2.09. The second-order valence-electron chi connectivity index (χ2n) is 6.83. The number of unbranched alkanes of at least 4 members (excludes halogenated alkanes) is 5. The molecule has 1 rings (SSSR count). The Kier molecular flexibility index (Phi) is 11.7. The third kappa shape index (κ3) is 10.4. The van der Waals surface area contributed by atoms with E-state index in [0.717, 1.165) is 5.92 Å². The summed E-state index contributed by atoms with van der Waals surface area (Å²) in [5.41, 5.74) is 0. The monoisotopic (exact) mass is 266 g/mol. The predicted molar refractivity (Wildman–Crippen MR) is 87.7 cm³/mol. The van der Waals surface area contributed by atoms with Gasteiger partial charge in [-0.1, -0.05) is 116 Å². The van der Waals surface area contributed by atoms with Gasteiger partial charge in [0.05, 0.1) is 0 Å². The van der Waals surface area contributed by atoms with Crippen molar-refractivity contribution in [3.05, 3.63) is 0 Å². The van der Waals surface area contributed by atoms with Crippen molar-refractivity contribution in [2.24, 2.45) is 5.92 Å². The maximum Gasteiger partial charge on any atom is -0.0414 e. The van der Waals surface area contributed by atoms with Crippen LogP contribution in [-0.2, 0) is 0 Å². The van der Waals surface area contributed by atoms with Crippen molar-refractivity contribution < 1.29 is 0 Å². The van der Waals surface area contributed by atoms with E-state index in [1.807, 2.05) is 0 Å². The van der Waals surface area contributed by atoms with Crippen molar-refractivity contribution >= 4 is 0 Å². The van der Waals surface area contributed by atoms with Gasteiger partial charge in [-0.3, -0.25) is 0 Å². The summed E-state index contributed by atoms with van der Waals surface area (Å²) in [5, 5.41) is 0. The lowest BCUT2D eigenvalue weighted by Crippen LogP contribution is -2.01. The molecule has 1 aliphatic carbocycles. The number of rotatable bonds is 7. The minimum absolute atomic E-state index is 1.07. The summed E-state index contributed by atoms with van der Waals surface area (Å²) in [4.78, 5) is 0. The lowest BCUT2D eigenvalue weighted by atomic mass is 9.90. The van der Waals surface area contributed by atoms with Gasteiger partial charge in [0.2, 0.25) is 0 Å². The van der Waals surface area contributed by atoms with Gasteiger partial charge in [-0.2, -0.15) is 0 Å². The van der Waals surface area contributed by atoms with Crippen LogP contribution < -0.4 is 0 Å².